The molecular formula is C17H24N4. The maximum atomic E-state index is 4.03. The molecule has 0 spiro atoms. The van der Waals surface area contributed by atoms with Crippen LogP contribution in [0.25, 0.3) is 0 Å². The SMILES string of the molecule is c1ncc(CCNCc2ccc(N3CCCCC3)cc2)[nH]1. The lowest BCUT2D eigenvalue weighted by molar-refractivity contribution is 0.578. The number of piperidine rings is 1. The Morgan fingerprint density at radius 1 is 1.10 bits per heavy atom. The largest absolute Gasteiger partial charge is 0.372 e. The van der Waals surface area contributed by atoms with Crippen LogP contribution in [0, 0.1) is 0 Å². The first-order chi connectivity index (χ1) is 10.4. The molecule has 4 nitrogen and oxygen atoms in total. The quantitative estimate of drug-likeness (QED) is 0.802. The highest BCUT2D eigenvalue weighted by molar-refractivity contribution is 5.47. The average Bonchev–Trinajstić information content (AvgIpc) is 3.06. The van der Waals surface area contributed by atoms with Crippen molar-refractivity contribution < 1.29 is 0 Å². The summed E-state index contributed by atoms with van der Waals surface area (Å²) in [5.41, 5.74) is 3.90. The number of H-pyrrole nitrogens is 1. The van der Waals surface area contributed by atoms with Gasteiger partial charge in [0.2, 0.25) is 0 Å². The van der Waals surface area contributed by atoms with Gasteiger partial charge in [0.1, 0.15) is 0 Å². The molecule has 0 radical (unpaired) electrons. The number of hydrogen-bond acceptors (Lipinski definition) is 3. The van der Waals surface area contributed by atoms with E-state index in [2.05, 4.69) is 44.5 Å². The Bertz CT molecular complexity index is 512. The maximum absolute atomic E-state index is 4.03. The van der Waals surface area contributed by atoms with Crippen molar-refractivity contribution in [3.05, 3.63) is 48.0 Å². The lowest BCUT2D eigenvalue weighted by Gasteiger charge is -2.28. The van der Waals surface area contributed by atoms with Gasteiger partial charge in [-0.05, 0) is 37.0 Å². The number of imidazole rings is 1. The highest BCUT2D eigenvalue weighted by atomic mass is 15.1. The Hall–Kier alpha value is -1.81. The summed E-state index contributed by atoms with van der Waals surface area (Å²) in [6, 6.07) is 9.01. The van der Waals surface area contributed by atoms with Crippen molar-refractivity contribution in [1.82, 2.24) is 15.3 Å². The van der Waals surface area contributed by atoms with Gasteiger partial charge >= 0.3 is 0 Å². The molecule has 0 amide bonds. The molecule has 1 aromatic heterocycles. The monoisotopic (exact) mass is 284 g/mol. The molecule has 0 aliphatic carbocycles. The van der Waals surface area contributed by atoms with Crippen molar-refractivity contribution in [3.8, 4) is 0 Å². The Morgan fingerprint density at radius 2 is 1.90 bits per heavy atom. The lowest BCUT2D eigenvalue weighted by atomic mass is 10.1. The summed E-state index contributed by atoms with van der Waals surface area (Å²) in [4.78, 5) is 9.65. The molecule has 0 bridgehead atoms. The number of hydrogen-bond donors (Lipinski definition) is 2. The molecule has 1 saturated heterocycles. The molecule has 1 aromatic carbocycles. The summed E-state index contributed by atoms with van der Waals surface area (Å²) in [7, 11) is 0. The van der Waals surface area contributed by atoms with Crippen LogP contribution in [0.4, 0.5) is 5.69 Å². The predicted octanol–water partition coefficient (Wildman–Crippen LogP) is 2.73. The van der Waals surface area contributed by atoms with Crippen LogP contribution in [-0.2, 0) is 13.0 Å². The van der Waals surface area contributed by atoms with Crippen LogP contribution in [0.5, 0.6) is 0 Å². The molecule has 0 unspecified atom stereocenters. The Labute approximate surface area is 126 Å². The number of rotatable bonds is 6. The van der Waals surface area contributed by atoms with Crippen LogP contribution >= 0.6 is 0 Å². The van der Waals surface area contributed by atoms with Crippen molar-refractivity contribution in [1.29, 1.82) is 0 Å². The third-order valence-corrected chi connectivity index (χ3v) is 4.11. The lowest BCUT2D eigenvalue weighted by Crippen LogP contribution is -2.29. The fourth-order valence-corrected chi connectivity index (χ4v) is 2.85. The molecule has 0 atom stereocenters. The van der Waals surface area contributed by atoms with Crippen LogP contribution in [0.2, 0.25) is 0 Å². The highest BCUT2D eigenvalue weighted by Crippen LogP contribution is 2.20. The van der Waals surface area contributed by atoms with Gasteiger partial charge in [0.05, 0.1) is 6.33 Å². The van der Waals surface area contributed by atoms with Crippen molar-refractivity contribution >= 4 is 5.69 Å². The summed E-state index contributed by atoms with van der Waals surface area (Å²) in [5, 5.41) is 3.48. The Morgan fingerprint density at radius 3 is 2.62 bits per heavy atom. The molecular weight excluding hydrogens is 260 g/mol. The van der Waals surface area contributed by atoms with Crippen LogP contribution < -0.4 is 10.2 Å². The van der Waals surface area contributed by atoms with E-state index >= 15 is 0 Å². The number of nitrogens with one attached hydrogen (secondary N) is 2. The van der Waals surface area contributed by atoms with Gasteiger partial charge in [0.15, 0.2) is 0 Å². The van der Waals surface area contributed by atoms with E-state index in [0.29, 0.717) is 0 Å². The number of aromatic nitrogens is 2. The topological polar surface area (TPSA) is 44.0 Å². The maximum Gasteiger partial charge on any atom is 0.0921 e. The second kappa shape index (κ2) is 7.27. The van der Waals surface area contributed by atoms with E-state index in [1.54, 1.807) is 6.33 Å². The zero-order valence-corrected chi connectivity index (χ0v) is 12.5. The molecule has 1 aliphatic rings. The van der Waals surface area contributed by atoms with Crippen LogP contribution in [-0.4, -0.2) is 29.6 Å². The van der Waals surface area contributed by atoms with Crippen molar-refractivity contribution in [3.63, 3.8) is 0 Å². The van der Waals surface area contributed by atoms with Crippen LogP contribution in [0.1, 0.15) is 30.5 Å². The molecule has 2 aromatic rings. The van der Waals surface area contributed by atoms with Crippen molar-refractivity contribution in [2.75, 3.05) is 24.5 Å². The Kier molecular flexibility index (Phi) is 4.90. The van der Waals surface area contributed by atoms with Crippen LogP contribution in [0.3, 0.4) is 0 Å². The minimum absolute atomic E-state index is 0.925. The minimum atomic E-state index is 0.925. The van der Waals surface area contributed by atoms with Crippen LogP contribution in [0.15, 0.2) is 36.8 Å². The zero-order valence-electron chi connectivity index (χ0n) is 12.5. The van der Waals surface area contributed by atoms with E-state index in [1.807, 2.05) is 6.20 Å². The number of nitrogens with zero attached hydrogens (tertiary/aromatic N) is 2. The van der Waals surface area contributed by atoms with E-state index in [9.17, 15) is 0 Å². The normalized spacial score (nSPS) is 15.3. The van der Waals surface area contributed by atoms with Crippen molar-refractivity contribution in [2.24, 2.45) is 0 Å². The predicted molar refractivity (Wildman–Crippen MR) is 86.5 cm³/mol. The second-order valence-electron chi connectivity index (χ2n) is 5.72. The molecule has 3 rings (SSSR count). The van der Waals surface area contributed by atoms with E-state index in [0.717, 1.165) is 19.5 Å². The number of aromatic amines is 1. The molecule has 112 valence electrons. The van der Waals surface area contributed by atoms with Gasteiger partial charge in [-0.25, -0.2) is 4.98 Å². The van der Waals surface area contributed by atoms with Gasteiger partial charge in [-0.1, -0.05) is 12.1 Å². The third-order valence-electron chi connectivity index (χ3n) is 4.11. The minimum Gasteiger partial charge on any atom is -0.372 e. The molecule has 1 aliphatic heterocycles. The summed E-state index contributed by atoms with van der Waals surface area (Å²) in [5.74, 6) is 0. The summed E-state index contributed by atoms with van der Waals surface area (Å²) >= 11 is 0. The Balaban J connectivity index is 1.43. The zero-order chi connectivity index (χ0) is 14.3. The van der Waals surface area contributed by atoms with Gasteiger partial charge in [-0.15, -0.1) is 0 Å². The fourth-order valence-electron chi connectivity index (χ4n) is 2.85. The molecule has 1 fully saturated rings. The summed E-state index contributed by atoms with van der Waals surface area (Å²) < 4.78 is 0. The highest BCUT2D eigenvalue weighted by Gasteiger charge is 2.10. The van der Waals surface area contributed by atoms with E-state index in [4.69, 9.17) is 0 Å². The molecule has 2 heterocycles. The van der Waals surface area contributed by atoms with Gasteiger partial charge < -0.3 is 15.2 Å². The molecule has 0 saturated carbocycles. The van der Waals surface area contributed by atoms with E-state index in [1.165, 1.54) is 49.3 Å². The standard InChI is InChI=1S/C17H24N4/c1-2-10-21(11-3-1)17-6-4-15(5-7-17)12-18-9-8-16-13-19-14-20-16/h4-7,13-14,18H,1-3,8-12H2,(H,19,20). The first-order valence-electron chi connectivity index (χ1n) is 7.94. The fraction of sp³-hybridized carbons (Fsp3) is 0.471. The third kappa shape index (κ3) is 4.08. The summed E-state index contributed by atoms with van der Waals surface area (Å²) in [6.45, 7) is 4.31. The smallest absolute Gasteiger partial charge is 0.0921 e. The van der Waals surface area contributed by atoms with Gasteiger partial charge in [-0.3, -0.25) is 0 Å². The molecule has 21 heavy (non-hydrogen) atoms. The van der Waals surface area contributed by atoms with Gasteiger partial charge in [0.25, 0.3) is 0 Å². The number of benzene rings is 1. The van der Waals surface area contributed by atoms with E-state index < -0.39 is 0 Å². The van der Waals surface area contributed by atoms with Gasteiger partial charge in [0, 0.05) is 50.2 Å². The van der Waals surface area contributed by atoms with Crippen molar-refractivity contribution in [2.45, 2.75) is 32.2 Å². The summed E-state index contributed by atoms with van der Waals surface area (Å²) in [6.07, 6.45) is 8.65. The number of anilines is 1. The molecule has 2 N–H and O–H groups in total. The average molecular weight is 284 g/mol. The molecule has 4 heteroatoms. The first kappa shape index (κ1) is 14.1. The second-order valence-corrected chi connectivity index (χ2v) is 5.72. The van der Waals surface area contributed by atoms with Gasteiger partial charge in [-0.2, -0.15) is 0 Å². The van der Waals surface area contributed by atoms with E-state index in [-0.39, 0.29) is 0 Å². The first-order valence-corrected chi connectivity index (χ1v) is 7.94.